The minimum atomic E-state index is -2.89. The third-order valence-corrected chi connectivity index (χ3v) is 4.74. The molecule has 1 saturated heterocycles. The molecule has 0 radical (unpaired) electrons. The van der Waals surface area contributed by atoms with Crippen LogP contribution in [0.3, 0.4) is 0 Å². The minimum Gasteiger partial charge on any atom is -0.367 e. The largest absolute Gasteiger partial charge is 0.367 e. The van der Waals surface area contributed by atoms with Crippen molar-refractivity contribution in [3.05, 3.63) is 23.1 Å². The van der Waals surface area contributed by atoms with Crippen molar-refractivity contribution in [1.29, 1.82) is 0 Å². The van der Waals surface area contributed by atoms with Crippen LogP contribution in [0.15, 0.2) is 12.3 Å². The average molecular weight is 279 g/mol. The summed E-state index contributed by atoms with van der Waals surface area (Å²) in [5.74, 6) is -0.0145. The maximum absolute atomic E-state index is 13.3. The SMILES string of the molecule is O=S1(=O)CCC(CNc2ncc(Cl)cc2F)C1. The fourth-order valence-corrected chi connectivity index (χ4v) is 3.83. The summed E-state index contributed by atoms with van der Waals surface area (Å²) in [4.78, 5) is 3.81. The van der Waals surface area contributed by atoms with Crippen LogP contribution in [0.5, 0.6) is 0 Å². The molecule has 94 valence electrons. The Balaban J connectivity index is 1.95. The Hall–Kier alpha value is -0.880. The van der Waals surface area contributed by atoms with Crippen LogP contribution in [-0.4, -0.2) is 31.5 Å². The molecule has 0 aromatic carbocycles. The van der Waals surface area contributed by atoms with E-state index in [0.717, 1.165) is 0 Å². The smallest absolute Gasteiger partial charge is 0.166 e. The van der Waals surface area contributed by atoms with Crippen molar-refractivity contribution in [1.82, 2.24) is 4.98 Å². The van der Waals surface area contributed by atoms with Gasteiger partial charge in [-0.25, -0.2) is 17.8 Å². The van der Waals surface area contributed by atoms with E-state index in [0.29, 0.717) is 13.0 Å². The summed E-state index contributed by atoms with van der Waals surface area (Å²) < 4.78 is 35.8. The lowest BCUT2D eigenvalue weighted by atomic mass is 10.1. The molecule has 1 atom stereocenters. The van der Waals surface area contributed by atoms with Crippen molar-refractivity contribution in [2.75, 3.05) is 23.4 Å². The van der Waals surface area contributed by atoms with Crippen molar-refractivity contribution in [2.24, 2.45) is 5.92 Å². The molecule has 0 saturated carbocycles. The van der Waals surface area contributed by atoms with Crippen LogP contribution in [0.1, 0.15) is 6.42 Å². The third-order valence-electron chi connectivity index (χ3n) is 2.69. The molecule has 4 nitrogen and oxygen atoms in total. The van der Waals surface area contributed by atoms with Gasteiger partial charge in [-0.1, -0.05) is 11.6 Å². The molecule has 7 heteroatoms. The van der Waals surface area contributed by atoms with Gasteiger partial charge in [0.05, 0.1) is 16.5 Å². The van der Waals surface area contributed by atoms with Gasteiger partial charge in [-0.2, -0.15) is 0 Å². The summed E-state index contributed by atoms with van der Waals surface area (Å²) in [7, 11) is -2.89. The van der Waals surface area contributed by atoms with Gasteiger partial charge in [-0.15, -0.1) is 0 Å². The first-order valence-corrected chi connectivity index (χ1v) is 7.41. The zero-order valence-electron chi connectivity index (χ0n) is 8.99. The van der Waals surface area contributed by atoms with Gasteiger partial charge in [0.15, 0.2) is 21.5 Å². The zero-order chi connectivity index (χ0) is 12.5. The molecule has 17 heavy (non-hydrogen) atoms. The first kappa shape index (κ1) is 12.6. The van der Waals surface area contributed by atoms with Gasteiger partial charge in [-0.3, -0.25) is 0 Å². The van der Waals surface area contributed by atoms with E-state index in [1.54, 1.807) is 0 Å². The molecule has 1 fully saturated rings. The summed E-state index contributed by atoms with van der Waals surface area (Å²) in [6.07, 6.45) is 1.96. The first-order valence-electron chi connectivity index (χ1n) is 5.21. The maximum Gasteiger partial charge on any atom is 0.166 e. The lowest BCUT2D eigenvalue weighted by Gasteiger charge is -2.10. The summed E-state index contributed by atoms with van der Waals surface area (Å²) in [5, 5.41) is 3.04. The highest BCUT2D eigenvalue weighted by atomic mass is 35.5. The first-order chi connectivity index (χ1) is 7.96. The van der Waals surface area contributed by atoms with Crippen LogP contribution in [0, 0.1) is 11.7 Å². The summed E-state index contributed by atoms with van der Waals surface area (Å²) in [6.45, 7) is 0.408. The fourth-order valence-electron chi connectivity index (χ4n) is 1.82. The number of aromatic nitrogens is 1. The van der Waals surface area contributed by atoms with Crippen LogP contribution < -0.4 is 5.32 Å². The minimum absolute atomic E-state index is 0.0249. The Bertz CT molecular complexity index is 521. The van der Waals surface area contributed by atoms with Crippen LogP contribution in [0.25, 0.3) is 0 Å². The second kappa shape index (κ2) is 4.78. The molecule has 1 aliphatic rings. The number of hydrogen-bond acceptors (Lipinski definition) is 4. The van der Waals surface area contributed by atoms with Crippen LogP contribution in [-0.2, 0) is 9.84 Å². The highest BCUT2D eigenvalue weighted by Gasteiger charge is 2.27. The van der Waals surface area contributed by atoms with Crippen LogP contribution in [0.4, 0.5) is 10.2 Å². The molecule has 0 spiro atoms. The van der Waals surface area contributed by atoms with Gasteiger partial charge in [0.25, 0.3) is 0 Å². The molecule has 0 amide bonds. The van der Waals surface area contributed by atoms with Crippen LogP contribution in [0.2, 0.25) is 5.02 Å². The van der Waals surface area contributed by atoms with E-state index in [2.05, 4.69) is 10.3 Å². The van der Waals surface area contributed by atoms with E-state index < -0.39 is 15.7 Å². The summed E-state index contributed by atoms with van der Waals surface area (Å²) >= 11 is 5.57. The molecule has 1 unspecified atom stereocenters. The molecule has 1 N–H and O–H groups in total. The fraction of sp³-hybridized carbons (Fsp3) is 0.500. The van der Waals surface area contributed by atoms with Gasteiger partial charge in [0, 0.05) is 12.7 Å². The second-order valence-electron chi connectivity index (χ2n) is 4.13. The lowest BCUT2D eigenvalue weighted by molar-refractivity contribution is 0.593. The van der Waals surface area contributed by atoms with Gasteiger partial charge in [0.2, 0.25) is 0 Å². The van der Waals surface area contributed by atoms with Gasteiger partial charge in [-0.05, 0) is 18.4 Å². The predicted molar refractivity (Wildman–Crippen MR) is 64.5 cm³/mol. The Morgan fingerprint density at radius 1 is 1.59 bits per heavy atom. The van der Waals surface area contributed by atoms with Crippen molar-refractivity contribution in [3.8, 4) is 0 Å². The van der Waals surface area contributed by atoms with E-state index in [1.165, 1.54) is 12.3 Å². The Morgan fingerprint density at radius 3 is 2.94 bits per heavy atom. The average Bonchev–Trinajstić information content (AvgIpc) is 2.57. The van der Waals surface area contributed by atoms with E-state index >= 15 is 0 Å². The number of nitrogens with one attached hydrogen (secondary N) is 1. The normalized spacial score (nSPS) is 22.6. The van der Waals surface area contributed by atoms with E-state index in [9.17, 15) is 12.8 Å². The number of nitrogens with zero attached hydrogens (tertiary/aromatic N) is 1. The number of anilines is 1. The van der Waals surface area contributed by atoms with E-state index in [-0.39, 0.29) is 28.3 Å². The molecule has 1 aromatic rings. The number of halogens is 2. The van der Waals surface area contributed by atoms with Crippen LogP contribution >= 0.6 is 11.6 Å². The van der Waals surface area contributed by atoms with Crippen molar-refractivity contribution >= 4 is 27.3 Å². The Labute approximate surface area is 104 Å². The number of rotatable bonds is 3. The van der Waals surface area contributed by atoms with E-state index in [4.69, 9.17) is 11.6 Å². The van der Waals surface area contributed by atoms with Gasteiger partial charge in [0.1, 0.15) is 0 Å². The highest BCUT2D eigenvalue weighted by molar-refractivity contribution is 7.91. The molecular weight excluding hydrogens is 267 g/mol. The molecule has 2 heterocycles. The van der Waals surface area contributed by atoms with Crippen molar-refractivity contribution in [3.63, 3.8) is 0 Å². The number of hydrogen-bond donors (Lipinski definition) is 1. The summed E-state index contributed by atoms with van der Waals surface area (Å²) in [5.41, 5.74) is 0. The van der Waals surface area contributed by atoms with Gasteiger partial charge >= 0.3 is 0 Å². The molecule has 1 aromatic heterocycles. The molecule has 0 bridgehead atoms. The number of sulfone groups is 1. The van der Waals surface area contributed by atoms with Crippen molar-refractivity contribution in [2.45, 2.75) is 6.42 Å². The monoisotopic (exact) mass is 278 g/mol. The molecule has 1 aliphatic heterocycles. The summed E-state index contributed by atoms with van der Waals surface area (Å²) in [6, 6.07) is 1.17. The van der Waals surface area contributed by atoms with E-state index in [1.807, 2.05) is 0 Å². The Kier molecular flexibility index (Phi) is 3.53. The lowest BCUT2D eigenvalue weighted by Crippen LogP contribution is -2.16. The standard InChI is InChI=1S/C10H12ClFN2O2S/c11-8-3-9(12)10(14-5-8)13-4-7-1-2-17(15,16)6-7/h3,5,7H,1-2,4,6H2,(H,13,14). The molecule has 0 aliphatic carbocycles. The molecule has 2 rings (SSSR count). The maximum atomic E-state index is 13.3. The quantitative estimate of drug-likeness (QED) is 0.915. The van der Waals surface area contributed by atoms with Gasteiger partial charge < -0.3 is 5.32 Å². The number of pyridine rings is 1. The second-order valence-corrected chi connectivity index (χ2v) is 6.80. The predicted octanol–water partition coefficient (Wildman–Crippen LogP) is 1.72. The molecular formula is C10H12ClFN2O2S. The highest BCUT2D eigenvalue weighted by Crippen LogP contribution is 2.20. The van der Waals surface area contributed by atoms with Crippen molar-refractivity contribution < 1.29 is 12.8 Å². The topological polar surface area (TPSA) is 59.1 Å². The Morgan fingerprint density at radius 2 is 2.35 bits per heavy atom. The zero-order valence-corrected chi connectivity index (χ0v) is 10.6. The third kappa shape index (κ3) is 3.29.